The molecular formula is C21H15N5O2S. The number of imide groups is 1. The average molecular weight is 401 g/mol. The first-order valence-corrected chi connectivity index (χ1v) is 9.93. The Morgan fingerprint density at radius 2 is 1.86 bits per heavy atom. The highest BCUT2D eigenvalue weighted by Crippen LogP contribution is 2.31. The summed E-state index contributed by atoms with van der Waals surface area (Å²) in [6.45, 7) is 1.56. The number of aromatic nitrogens is 2. The molecule has 0 fully saturated rings. The van der Waals surface area contributed by atoms with E-state index in [1.165, 1.54) is 17.8 Å². The number of anilines is 1. The van der Waals surface area contributed by atoms with Gasteiger partial charge in [-0.2, -0.15) is 10.3 Å². The van der Waals surface area contributed by atoms with E-state index in [1.807, 2.05) is 42.5 Å². The molecule has 29 heavy (non-hydrogen) atoms. The van der Waals surface area contributed by atoms with E-state index in [0.29, 0.717) is 16.4 Å². The van der Waals surface area contributed by atoms with E-state index >= 15 is 0 Å². The topological polar surface area (TPSA) is 99.0 Å². The zero-order valence-electron chi connectivity index (χ0n) is 15.6. The second-order valence-corrected chi connectivity index (χ2v) is 7.13. The normalized spacial score (nSPS) is 13.6. The van der Waals surface area contributed by atoms with E-state index in [1.54, 1.807) is 13.2 Å². The molecule has 8 heteroatoms. The Hall–Kier alpha value is -3.70. The zero-order valence-corrected chi connectivity index (χ0v) is 16.4. The molecule has 0 spiro atoms. The van der Waals surface area contributed by atoms with Crippen LogP contribution in [0.25, 0.3) is 22.2 Å². The van der Waals surface area contributed by atoms with Crippen LogP contribution in [0.2, 0.25) is 0 Å². The Morgan fingerprint density at radius 1 is 1.10 bits per heavy atom. The van der Waals surface area contributed by atoms with E-state index in [-0.39, 0.29) is 11.4 Å². The van der Waals surface area contributed by atoms with Crippen LogP contribution in [-0.4, -0.2) is 33.0 Å². The number of benzene rings is 2. The molecule has 1 aliphatic heterocycles. The van der Waals surface area contributed by atoms with Gasteiger partial charge in [-0.25, -0.2) is 9.97 Å². The highest BCUT2D eigenvalue weighted by Gasteiger charge is 2.30. The Kier molecular flexibility index (Phi) is 4.74. The molecule has 0 saturated heterocycles. The molecular weight excluding hydrogens is 386 g/mol. The molecule has 0 aliphatic carbocycles. The number of nitrogens with one attached hydrogen (secondary N) is 1. The maximum absolute atomic E-state index is 12.2. The van der Waals surface area contributed by atoms with Gasteiger partial charge in [0.2, 0.25) is 0 Å². The maximum atomic E-state index is 12.2. The molecule has 2 amide bonds. The number of hydrogen-bond donors (Lipinski definition) is 1. The minimum absolute atomic E-state index is 0.111. The Balaban J connectivity index is 1.87. The number of thioether (sulfide) groups is 1. The lowest BCUT2D eigenvalue weighted by Crippen LogP contribution is -2.37. The zero-order chi connectivity index (χ0) is 20.5. The molecule has 2 heterocycles. The van der Waals surface area contributed by atoms with Crippen LogP contribution in [0.1, 0.15) is 12.5 Å². The third-order valence-electron chi connectivity index (χ3n) is 4.53. The third-order valence-corrected chi connectivity index (χ3v) is 5.21. The van der Waals surface area contributed by atoms with Gasteiger partial charge in [0.05, 0.1) is 0 Å². The molecule has 1 N–H and O–H groups in total. The minimum Gasteiger partial charge on any atom is -0.270 e. The van der Waals surface area contributed by atoms with Crippen LogP contribution in [0.15, 0.2) is 59.1 Å². The monoisotopic (exact) mass is 401 g/mol. The van der Waals surface area contributed by atoms with Gasteiger partial charge in [-0.1, -0.05) is 42.5 Å². The number of nitrogens with zero attached hydrogens (tertiary/aromatic N) is 4. The smallest absolute Gasteiger partial charge is 0.270 e. The molecule has 1 aromatic heterocycles. The van der Waals surface area contributed by atoms with Crippen molar-refractivity contribution in [3.8, 4) is 17.5 Å². The van der Waals surface area contributed by atoms with Gasteiger partial charge in [0.15, 0.2) is 11.6 Å². The number of hydrogen-bond acceptors (Lipinski definition) is 7. The summed E-state index contributed by atoms with van der Waals surface area (Å²) in [5.41, 5.74) is 4.00. The third kappa shape index (κ3) is 3.22. The van der Waals surface area contributed by atoms with Gasteiger partial charge in [0.25, 0.3) is 11.8 Å². The van der Waals surface area contributed by atoms with Crippen molar-refractivity contribution in [2.24, 2.45) is 0 Å². The fourth-order valence-electron chi connectivity index (χ4n) is 3.11. The Morgan fingerprint density at radius 3 is 2.55 bits per heavy atom. The number of nitriles is 1. The van der Waals surface area contributed by atoms with E-state index in [2.05, 4.69) is 21.5 Å². The summed E-state index contributed by atoms with van der Waals surface area (Å²) in [5, 5.41) is 12.9. The summed E-state index contributed by atoms with van der Waals surface area (Å²) in [6.07, 6.45) is 3.04. The first-order chi connectivity index (χ1) is 14.0. The summed E-state index contributed by atoms with van der Waals surface area (Å²) < 4.78 is 0. The lowest BCUT2D eigenvalue weighted by Gasteiger charge is -2.18. The van der Waals surface area contributed by atoms with Crippen LogP contribution in [0.5, 0.6) is 0 Å². The maximum Gasteiger partial charge on any atom is 0.275 e. The van der Waals surface area contributed by atoms with Crippen molar-refractivity contribution < 1.29 is 9.59 Å². The highest BCUT2D eigenvalue weighted by atomic mass is 32.2. The number of hydrazine groups is 1. The molecule has 1 aliphatic rings. The lowest BCUT2D eigenvalue weighted by atomic mass is 10.0. The van der Waals surface area contributed by atoms with Gasteiger partial charge in [0, 0.05) is 17.2 Å². The molecule has 3 aromatic rings. The summed E-state index contributed by atoms with van der Waals surface area (Å²) in [7, 11) is 0. The number of fused-ring (bicyclic) bond motifs is 1. The predicted molar refractivity (Wildman–Crippen MR) is 111 cm³/mol. The van der Waals surface area contributed by atoms with Crippen LogP contribution in [0.4, 0.5) is 5.82 Å². The van der Waals surface area contributed by atoms with Gasteiger partial charge in [-0.15, -0.1) is 11.8 Å². The summed E-state index contributed by atoms with van der Waals surface area (Å²) in [4.78, 5) is 33.4. The van der Waals surface area contributed by atoms with Gasteiger partial charge in [-0.3, -0.25) is 15.0 Å². The molecule has 0 atom stereocenters. The van der Waals surface area contributed by atoms with Crippen molar-refractivity contribution in [1.82, 2.24) is 15.0 Å². The summed E-state index contributed by atoms with van der Waals surface area (Å²) in [6, 6.07) is 15.7. The molecule has 0 bridgehead atoms. The molecule has 0 radical (unpaired) electrons. The second-order valence-electron chi connectivity index (χ2n) is 6.34. The first kappa shape index (κ1) is 18.7. The highest BCUT2D eigenvalue weighted by molar-refractivity contribution is 7.98. The largest absolute Gasteiger partial charge is 0.275 e. The van der Waals surface area contributed by atoms with Crippen molar-refractivity contribution >= 4 is 40.2 Å². The van der Waals surface area contributed by atoms with E-state index in [0.717, 1.165) is 21.3 Å². The van der Waals surface area contributed by atoms with Crippen molar-refractivity contribution in [2.45, 2.75) is 11.9 Å². The predicted octanol–water partition coefficient (Wildman–Crippen LogP) is 3.53. The summed E-state index contributed by atoms with van der Waals surface area (Å²) >= 11 is 1.29. The van der Waals surface area contributed by atoms with Crippen LogP contribution in [0, 0.1) is 11.3 Å². The SMILES string of the molecule is CSc1nc(-c2cccc3ccccc23)nc(NN2C(=O)C=C(C)C2=O)c1C#N. The van der Waals surface area contributed by atoms with E-state index < -0.39 is 11.8 Å². The summed E-state index contributed by atoms with van der Waals surface area (Å²) in [5.74, 6) is -0.474. The quantitative estimate of drug-likeness (QED) is 0.405. The van der Waals surface area contributed by atoms with E-state index in [9.17, 15) is 14.9 Å². The van der Waals surface area contributed by atoms with Crippen molar-refractivity contribution in [2.75, 3.05) is 11.7 Å². The van der Waals surface area contributed by atoms with Crippen LogP contribution < -0.4 is 5.43 Å². The Labute approximate surface area is 171 Å². The number of rotatable bonds is 4. The standard InChI is InChI=1S/C21H15N5O2S/c1-12-10-17(27)26(21(12)28)25-19-16(11-22)20(29-2)24-18(23-19)15-9-5-7-13-6-3-4-8-14(13)15/h3-10H,1-2H3,(H,23,24,25). The molecule has 2 aromatic carbocycles. The molecule has 7 nitrogen and oxygen atoms in total. The lowest BCUT2D eigenvalue weighted by molar-refractivity contribution is -0.135. The van der Waals surface area contributed by atoms with Crippen LogP contribution in [0.3, 0.4) is 0 Å². The minimum atomic E-state index is -0.507. The number of carbonyl (C=O) groups excluding carboxylic acids is 2. The first-order valence-electron chi connectivity index (χ1n) is 8.71. The van der Waals surface area contributed by atoms with Crippen molar-refractivity contribution in [1.29, 1.82) is 5.26 Å². The van der Waals surface area contributed by atoms with Crippen molar-refractivity contribution in [3.05, 3.63) is 59.7 Å². The van der Waals surface area contributed by atoms with Gasteiger partial charge in [-0.05, 0) is 24.0 Å². The molecule has 142 valence electrons. The molecule has 0 unspecified atom stereocenters. The van der Waals surface area contributed by atoms with E-state index in [4.69, 9.17) is 0 Å². The van der Waals surface area contributed by atoms with Crippen LogP contribution in [-0.2, 0) is 9.59 Å². The van der Waals surface area contributed by atoms with Gasteiger partial charge in [0.1, 0.15) is 16.7 Å². The number of amides is 2. The van der Waals surface area contributed by atoms with Gasteiger partial charge >= 0.3 is 0 Å². The van der Waals surface area contributed by atoms with Crippen molar-refractivity contribution in [3.63, 3.8) is 0 Å². The number of carbonyl (C=O) groups is 2. The fraction of sp³-hybridized carbons (Fsp3) is 0.0952. The van der Waals surface area contributed by atoms with Gasteiger partial charge < -0.3 is 0 Å². The molecule has 4 rings (SSSR count). The Bertz CT molecular complexity index is 1240. The van der Waals surface area contributed by atoms with Crippen LogP contribution >= 0.6 is 11.8 Å². The second kappa shape index (κ2) is 7.37. The fourth-order valence-corrected chi connectivity index (χ4v) is 3.63. The average Bonchev–Trinajstić information content (AvgIpc) is 2.98. The molecule has 0 saturated carbocycles.